The largest absolute Gasteiger partial charge is 0.491 e. The minimum absolute atomic E-state index is 0.166. The van der Waals surface area contributed by atoms with Crippen molar-refractivity contribution in [2.45, 2.75) is 10.6 Å². The van der Waals surface area contributed by atoms with E-state index in [4.69, 9.17) is 9.47 Å². The molecule has 0 radical (unpaired) electrons. The van der Waals surface area contributed by atoms with Crippen molar-refractivity contribution in [2.75, 3.05) is 19.0 Å². The summed E-state index contributed by atoms with van der Waals surface area (Å²) in [5, 5.41) is 2.77. The Morgan fingerprint density at radius 1 is 1.14 bits per heavy atom. The number of aromatic nitrogens is 1. The van der Waals surface area contributed by atoms with Gasteiger partial charge in [-0.15, -0.1) is 11.8 Å². The van der Waals surface area contributed by atoms with Gasteiger partial charge in [-0.25, -0.2) is 4.39 Å². The molecule has 8 heteroatoms. The molecule has 0 unspecified atom stereocenters. The first-order valence-corrected chi connectivity index (χ1v) is 10.4. The predicted octanol–water partition coefficient (Wildman–Crippen LogP) is 5.30. The number of ether oxygens (including phenoxy) is 2. The van der Waals surface area contributed by atoms with Gasteiger partial charge in [0.05, 0.1) is 19.0 Å². The topological polar surface area (TPSA) is 60.5 Å². The van der Waals surface area contributed by atoms with E-state index >= 15 is 0 Å². The molecule has 1 N–H and O–H groups in total. The highest BCUT2D eigenvalue weighted by Gasteiger charge is 2.11. The van der Waals surface area contributed by atoms with Crippen LogP contribution in [0.15, 0.2) is 70.2 Å². The van der Waals surface area contributed by atoms with E-state index in [1.807, 2.05) is 12.1 Å². The highest BCUT2D eigenvalue weighted by molar-refractivity contribution is 9.10. The summed E-state index contributed by atoms with van der Waals surface area (Å²) in [5.74, 6) is 0.888. The molecule has 0 spiro atoms. The molecular formula is C21H18BrFN2O3S. The fourth-order valence-electron chi connectivity index (χ4n) is 2.37. The van der Waals surface area contributed by atoms with Crippen LogP contribution in [0.25, 0.3) is 0 Å². The Balaban J connectivity index is 1.59. The van der Waals surface area contributed by atoms with Gasteiger partial charge >= 0.3 is 0 Å². The van der Waals surface area contributed by atoms with Crippen molar-refractivity contribution < 1.29 is 18.7 Å². The summed E-state index contributed by atoms with van der Waals surface area (Å²) in [7, 11) is 1.51. The van der Waals surface area contributed by atoms with Crippen LogP contribution >= 0.6 is 27.7 Å². The summed E-state index contributed by atoms with van der Waals surface area (Å²) in [5.41, 5.74) is 1.43. The van der Waals surface area contributed by atoms with E-state index in [1.165, 1.54) is 31.0 Å². The average Bonchev–Trinajstić information content (AvgIpc) is 2.73. The molecule has 0 aliphatic heterocycles. The molecule has 0 saturated heterocycles. The van der Waals surface area contributed by atoms with E-state index in [-0.39, 0.29) is 18.3 Å². The summed E-state index contributed by atoms with van der Waals surface area (Å²) >= 11 is 4.87. The summed E-state index contributed by atoms with van der Waals surface area (Å²) in [4.78, 5) is 17.4. The minimum atomic E-state index is -0.284. The number of methoxy groups -OCH3 is 1. The van der Waals surface area contributed by atoms with Crippen LogP contribution in [0.3, 0.4) is 0 Å². The number of rotatable bonds is 8. The number of benzene rings is 2. The van der Waals surface area contributed by atoms with Crippen LogP contribution < -0.4 is 14.8 Å². The molecule has 1 amide bonds. The predicted molar refractivity (Wildman–Crippen MR) is 115 cm³/mol. The fraction of sp³-hybridized carbons (Fsp3) is 0.143. The van der Waals surface area contributed by atoms with Gasteiger partial charge in [0, 0.05) is 26.9 Å². The lowest BCUT2D eigenvalue weighted by molar-refractivity contribution is -0.118. The number of halogens is 2. The van der Waals surface area contributed by atoms with Crippen molar-refractivity contribution in [3.05, 3.63) is 76.8 Å². The standard InChI is InChI=1S/C21H18BrFN2O3S/c1-27-20-11-24-17(13-29-18-8-4-15(23)5-9-18)10-19(20)28-12-21(26)25-16-6-2-14(22)3-7-16/h2-11H,12-13H2,1H3,(H,25,26). The second kappa shape index (κ2) is 10.3. The third-order valence-electron chi connectivity index (χ3n) is 3.80. The number of nitrogens with zero attached hydrogens (tertiary/aromatic N) is 1. The molecule has 0 fully saturated rings. The third-order valence-corrected chi connectivity index (χ3v) is 5.37. The lowest BCUT2D eigenvalue weighted by Crippen LogP contribution is -2.20. The van der Waals surface area contributed by atoms with Crippen molar-refractivity contribution in [3.63, 3.8) is 0 Å². The van der Waals surface area contributed by atoms with Gasteiger partial charge in [-0.3, -0.25) is 9.78 Å². The number of nitrogens with one attached hydrogen (secondary N) is 1. The number of thioether (sulfide) groups is 1. The Hall–Kier alpha value is -2.58. The number of carbonyl (C=O) groups excluding carboxylic acids is 1. The van der Waals surface area contributed by atoms with E-state index in [2.05, 4.69) is 26.2 Å². The first-order valence-electron chi connectivity index (χ1n) is 8.63. The Bertz CT molecular complexity index is 969. The molecule has 0 atom stereocenters. The van der Waals surface area contributed by atoms with E-state index in [0.717, 1.165) is 15.1 Å². The number of anilines is 1. The Labute approximate surface area is 180 Å². The SMILES string of the molecule is COc1cnc(CSc2ccc(F)cc2)cc1OCC(=O)Nc1ccc(Br)cc1. The second-order valence-electron chi connectivity index (χ2n) is 5.91. The highest BCUT2D eigenvalue weighted by atomic mass is 79.9. The second-order valence-corrected chi connectivity index (χ2v) is 7.88. The van der Waals surface area contributed by atoms with E-state index in [0.29, 0.717) is 22.9 Å². The molecule has 150 valence electrons. The zero-order valence-electron chi connectivity index (χ0n) is 15.5. The normalized spacial score (nSPS) is 10.4. The van der Waals surface area contributed by atoms with Gasteiger partial charge in [-0.1, -0.05) is 15.9 Å². The third kappa shape index (κ3) is 6.47. The minimum Gasteiger partial charge on any atom is -0.491 e. The Morgan fingerprint density at radius 2 is 1.86 bits per heavy atom. The first kappa shape index (κ1) is 21.1. The lowest BCUT2D eigenvalue weighted by atomic mass is 10.3. The summed E-state index contributed by atoms with van der Waals surface area (Å²) in [6.45, 7) is -0.166. The molecule has 5 nitrogen and oxygen atoms in total. The lowest BCUT2D eigenvalue weighted by Gasteiger charge is -2.12. The number of carbonyl (C=O) groups is 1. The van der Waals surface area contributed by atoms with Gasteiger partial charge in [-0.2, -0.15) is 0 Å². The zero-order chi connectivity index (χ0) is 20.6. The van der Waals surface area contributed by atoms with Crippen molar-refractivity contribution in [1.82, 2.24) is 4.98 Å². The van der Waals surface area contributed by atoms with Crippen molar-refractivity contribution in [1.29, 1.82) is 0 Å². The fourth-order valence-corrected chi connectivity index (χ4v) is 3.44. The summed E-state index contributed by atoms with van der Waals surface area (Å²) in [6.07, 6.45) is 1.56. The van der Waals surface area contributed by atoms with Gasteiger partial charge < -0.3 is 14.8 Å². The van der Waals surface area contributed by atoms with Crippen molar-refractivity contribution in [2.24, 2.45) is 0 Å². The molecule has 0 aliphatic rings. The summed E-state index contributed by atoms with van der Waals surface area (Å²) < 4.78 is 24.9. The van der Waals surface area contributed by atoms with Crippen LogP contribution in [0.2, 0.25) is 0 Å². The van der Waals surface area contributed by atoms with E-state index in [9.17, 15) is 9.18 Å². The molecule has 3 rings (SSSR count). The van der Waals surface area contributed by atoms with Crippen LogP contribution in [-0.2, 0) is 10.5 Å². The van der Waals surface area contributed by atoms with E-state index < -0.39 is 0 Å². The molecule has 1 aromatic heterocycles. The smallest absolute Gasteiger partial charge is 0.262 e. The molecular weight excluding hydrogens is 459 g/mol. The Kier molecular flexibility index (Phi) is 7.48. The average molecular weight is 477 g/mol. The van der Waals surface area contributed by atoms with Crippen molar-refractivity contribution in [3.8, 4) is 11.5 Å². The zero-order valence-corrected chi connectivity index (χ0v) is 17.9. The Morgan fingerprint density at radius 3 is 2.55 bits per heavy atom. The number of hydrogen-bond acceptors (Lipinski definition) is 5. The van der Waals surface area contributed by atoms with E-state index in [1.54, 1.807) is 36.5 Å². The maximum Gasteiger partial charge on any atom is 0.262 e. The van der Waals surface area contributed by atoms with Gasteiger partial charge in [0.15, 0.2) is 18.1 Å². The monoisotopic (exact) mass is 476 g/mol. The first-order chi connectivity index (χ1) is 14.0. The number of amides is 1. The molecule has 0 saturated carbocycles. The number of hydrogen-bond donors (Lipinski definition) is 1. The van der Waals surface area contributed by atoms with Gasteiger partial charge in [0.1, 0.15) is 5.82 Å². The summed E-state index contributed by atoms with van der Waals surface area (Å²) in [6, 6.07) is 15.3. The molecule has 3 aromatic rings. The quantitative estimate of drug-likeness (QED) is 0.446. The van der Waals surface area contributed by atoms with Gasteiger partial charge in [-0.05, 0) is 48.5 Å². The maximum absolute atomic E-state index is 13.0. The van der Waals surface area contributed by atoms with Crippen LogP contribution in [-0.4, -0.2) is 24.6 Å². The van der Waals surface area contributed by atoms with Crippen LogP contribution in [0, 0.1) is 5.82 Å². The van der Waals surface area contributed by atoms with Crippen molar-refractivity contribution >= 4 is 39.3 Å². The molecule has 1 heterocycles. The molecule has 29 heavy (non-hydrogen) atoms. The highest BCUT2D eigenvalue weighted by Crippen LogP contribution is 2.29. The van der Waals surface area contributed by atoms with Gasteiger partial charge in [0.2, 0.25) is 0 Å². The maximum atomic E-state index is 13.0. The van der Waals surface area contributed by atoms with Crippen LogP contribution in [0.1, 0.15) is 5.69 Å². The molecule has 0 aliphatic carbocycles. The molecule has 2 aromatic carbocycles. The van der Waals surface area contributed by atoms with Crippen LogP contribution in [0.5, 0.6) is 11.5 Å². The van der Waals surface area contributed by atoms with Crippen LogP contribution in [0.4, 0.5) is 10.1 Å². The molecule has 0 bridgehead atoms. The number of pyridine rings is 1. The van der Waals surface area contributed by atoms with Gasteiger partial charge in [0.25, 0.3) is 5.91 Å².